The molecule has 1 unspecified atom stereocenters. The van der Waals surface area contributed by atoms with Crippen LogP contribution in [0.2, 0.25) is 0 Å². The highest BCUT2D eigenvalue weighted by molar-refractivity contribution is 5.54. The van der Waals surface area contributed by atoms with Crippen molar-refractivity contribution in [3.8, 4) is 0 Å². The van der Waals surface area contributed by atoms with Gasteiger partial charge in [0.2, 0.25) is 0 Å². The predicted molar refractivity (Wildman–Crippen MR) is 76.9 cm³/mol. The Hall–Kier alpha value is -1.02. The topological polar surface area (TPSA) is 15.3 Å². The van der Waals surface area contributed by atoms with Gasteiger partial charge in [0.25, 0.3) is 0 Å². The molecular formula is C16H24N2. The zero-order valence-electron chi connectivity index (χ0n) is 11.5. The van der Waals surface area contributed by atoms with Crippen molar-refractivity contribution >= 4 is 5.69 Å². The summed E-state index contributed by atoms with van der Waals surface area (Å²) in [4.78, 5) is 2.47. The van der Waals surface area contributed by atoms with Crippen LogP contribution in [0.4, 0.5) is 5.69 Å². The van der Waals surface area contributed by atoms with E-state index in [1.807, 2.05) is 0 Å². The number of hydrogen-bond acceptors (Lipinski definition) is 2. The van der Waals surface area contributed by atoms with Crippen molar-refractivity contribution in [2.75, 3.05) is 11.9 Å². The molecule has 2 nitrogen and oxygen atoms in total. The first-order valence-corrected chi connectivity index (χ1v) is 7.30. The molecule has 0 heterocycles. The van der Waals surface area contributed by atoms with E-state index in [0.29, 0.717) is 6.04 Å². The SMILES string of the molecule is CC(C1CC1)N(C)c1ccccc1CNC1CC1. The number of anilines is 1. The molecule has 0 aliphatic heterocycles. The fourth-order valence-electron chi connectivity index (χ4n) is 2.66. The first-order valence-electron chi connectivity index (χ1n) is 7.30. The van der Waals surface area contributed by atoms with Crippen molar-refractivity contribution < 1.29 is 0 Å². The number of nitrogens with one attached hydrogen (secondary N) is 1. The molecule has 0 bridgehead atoms. The molecule has 18 heavy (non-hydrogen) atoms. The van der Waals surface area contributed by atoms with Crippen molar-refractivity contribution in [1.82, 2.24) is 5.32 Å². The second-order valence-corrected chi connectivity index (χ2v) is 5.97. The lowest BCUT2D eigenvalue weighted by atomic mass is 10.1. The number of benzene rings is 1. The lowest BCUT2D eigenvalue weighted by Crippen LogP contribution is -2.32. The average Bonchev–Trinajstić information content (AvgIpc) is 3.28. The smallest absolute Gasteiger partial charge is 0.0411 e. The Bertz CT molecular complexity index is 407. The van der Waals surface area contributed by atoms with Gasteiger partial charge in [-0.25, -0.2) is 0 Å². The van der Waals surface area contributed by atoms with Crippen molar-refractivity contribution in [2.24, 2.45) is 5.92 Å². The van der Waals surface area contributed by atoms with Crippen LogP contribution >= 0.6 is 0 Å². The molecule has 1 N–H and O–H groups in total. The van der Waals surface area contributed by atoms with Crippen LogP contribution in [0, 0.1) is 5.92 Å². The molecule has 1 atom stereocenters. The summed E-state index contributed by atoms with van der Waals surface area (Å²) in [6.45, 7) is 3.38. The molecule has 2 saturated carbocycles. The quantitative estimate of drug-likeness (QED) is 0.827. The average molecular weight is 244 g/mol. The van der Waals surface area contributed by atoms with E-state index in [9.17, 15) is 0 Å². The first kappa shape index (κ1) is 12.0. The highest BCUT2D eigenvalue weighted by Gasteiger charge is 2.31. The van der Waals surface area contributed by atoms with Crippen molar-refractivity contribution in [3.05, 3.63) is 29.8 Å². The molecule has 0 spiro atoms. The van der Waals surface area contributed by atoms with Crippen molar-refractivity contribution in [2.45, 2.75) is 51.2 Å². The normalized spacial score (nSPS) is 20.8. The van der Waals surface area contributed by atoms with E-state index in [-0.39, 0.29) is 0 Å². The third-order valence-corrected chi connectivity index (χ3v) is 4.45. The summed E-state index contributed by atoms with van der Waals surface area (Å²) < 4.78 is 0. The van der Waals surface area contributed by atoms with Gasteiger partial charge in [-0.2, -0.15) is 0 Å². The fourth-order valence-corrected chi connectivity index (χ4v) is 2.66. The summed E-state index contributed by atoms with van der Waals surface area (Å²) in [7, 11) is 2.25. The van der Waals surface area contributed by atoms with Gasteiger partial charge >= 0.3 is 0 Å². The molecule has 3 rings (SSSR count). The monoisotopic (exact) mass is 244 g/mol. The van der Waals surface area contributed by atoms with Gasteiger partial charge in [0.15, 0.2) is 0 Å². The highest BCUT2D eigenvalue weighted by Crippen LogP contribution is 2.37. The van der Waals surface area contributed by atoms with E-state index in [1.165, 1.54) is 36.9 Å². The number of para-hydroxylation sites is 1. The fraction of sp³-hybridized carbons (Fsp3) is 0.625. The molecule has 2 aliphatic rings. The van der Waals surface area contributed by atoms with Crippen LogP contribution in [-0.2, 0) is 6.54 Å². The molecule has 0 radical (unpaired) electrons. The Balaban J connectivity index is 1.71. The summed E-state index contributed by atoms with van der Waals surface area (Å²) in [5.41, 5.74) is 2.85. The number of nitrogens with zero attached hydrogens (tertiary/aromatic N) is 1. The van der Waals surface area contributed by atoms with Crippen LogP contribution < -0.4 is 10.2 Å². The van der Waals surface area contributed by atoms with Crippen LogP contribution in [0.1, 0.15) is 38.2 Å². The maximum absolute atomic E-state index is 3.63. The molecular weight excluding hydrogens is 220 g/mol. The van der Waals surface area contributed by atoms with Gasteiger partial charge in [0.1, 0.15) is 0 Å². The zero-order valence-corrected chi connectivity index (χ0v) is 11.5. The molecule has 0 saturated heterocycles. The minimum absolute atomic E-state index is 0.673. The minimum Gasteiger partial charge on any atom is -0.371 e. The molecule has 0 aromatic heterocycles. The lowest BCUT2D eigenvalue weighted by Gasteiger charge is -2.29. The molecule has 1 aromatic rings. The molecule has 2 heteroatoms. The Morgan fingerprint density at radius 1 is 1.22 bits per heavy atom. The highest BCUT2D eigenvalue weighted by atomic mass is 15.1. The molecule has 98 valence electrons. The minimum atomic E-state index is 0.673. The zero-order chi connectivity index (χ0) is 12.5. The summed E-state index contributed by atoms with van der Waals surface area (Å²) in [6.07, 6.45) is 5.54. The van der Waals surface area contributed by atoms with Gasteiger partial charge in [-0.05, 0) is 50.2 Å². The van der Waals surface area contributed by atoms with E-state index in [1.54, 1.807) is 0 Å². The van der Waals surface area contributed by atoms with Gasteiger partial charge in [0, 0.05) is 31.4 Å². The third kappa shape index (κ3) is 2.69. The lowest BCUT2D eigenvalue weighted by molar-refractivity contribution is 0.603. The summed E-state index contributed by atoms with van der Waals surface area (Å²) in [5, 5.41) is 3.63. The van der Waals surface area contributed by atoms with E-state index in [4.69, 9.17) is 0 Å². The summed E-state index contributed by atoms with van der Waals surface area (Å²) >= 11 is 0. The van der Waals surface area contributed by atoms with Gasteiger partial charge in [0.05, 0.1) is 0 Å². The first-order chi connectivity index (χ1) is 8.75. The Morgan fingerprint density at radius 2 is 1.94 bits per heavy atom. The third-order valence-electron chi connectivity index (χ3n) is 4.45. The predicted octanol–water partition coefficient (Wildman–Crippen LogP) is 3.17. The van der Waals surface area contributed by atoms with Crippen LogP contribution in [-0.4, -0.2) is 19.1 Å². The number of rotatable bonds is 6. The maximum Gasteiger partial charge on any atom is 0.0411 e. The van der Waals surface area contributed by atoms with E-state index < -0.39 is 0 Å². The summed E-state index contributed by atoms with van der Waals surface area (Å²) in [5.74, 6) is 0.916. The Morgan fingerprint density at radius 3 is 2.61 bits per heavy atom. The Kier molecular flexibility index (Phi) is 3.29. The van der Waals surface area contributed by atoms with Crippen molar-refractivity contribution in [1.29, 1.82) is 0 Å². The van der Waals surface area contributed by atoms with E-state index in [2.05, 4.69) is 48.5 Å². The molecule has 2 aliphatic carbocycles. The molecule has 0 amide bonds. The van der Waals surface area contributed by atoms with Gasteiger partial charge in [-0.1, -0.05) is 18.2 Å². The van der Waals surface area contributed by atoms with Crippen LogP contribution in [0.15, 0.2) is 24.3 Å². The van der Waals surface area contributed by atoms with Gasteiger partial charge in [-0.3, -0.25) is 0 Å². The van der Waals surface area contributed by atoms with E-state index in [0.717, 1.165) is 18.5 Å². The standard InChI is InChI=1S/C16H24N2/c1-12(13-7-8-13)18(2)16-6-4-3-5-14(16)11-17-15-9-10-15/h3-6,12-13,15,17H,7-11H2,1-2H3. The number of hydrogen-bond donors (Lipinski definition) is 1. The van der Waals surface area contributed by atoms with Crippen LogP contribution in [0.5, 0.6) is 0 Å². The van der Waals surface area contributed by atoms with Crippen LogP contribution in [0.3, 0.4) is 0 Å². The molecule has 1 aromatic carbocycles. The van der Waals surface area contributed by atoms with E-state index >= 15 is 0 Å². The summed E-state index contributed by atoms with van der Waals surface area (Å²) in [6, 6.07) is 10.3. The second kappa shape index (κ2) is 4.93. The van der Waals surface area contributed by atoms with Crippen LogP contribution in [0.25, 0.3) is 0 Å². The largest absolute Gasteiger partial charge is 0.371 e. The maximum atomic E-state index is 3.63. The Labute approximate surface area is 110 Å². The second-order valence-electron chi connectivity index (χ2n) is 5.97. The van der Waals surface area contributed by atoms with Gasteiger partial charge in [-0.15, -0.1) is 0 Å². The van der Waals surface area contributed by atoms with Crippen molar-refractivity contribution in [3.63, 3.8) is 0 Å². The van der Waals surface area contributed by atoms with Gasteiger partial charge < -0.3 is 10.2 Å². The molecule has 2 fully saturated rings.